The van der Waals surface area contributed by atoms with Crippen molar-refractivity contribution in [2.45, 2.75) is 32.0 Å². The summed E-state index contributed by atoms with van der Waals surface area (Å²) >= 11 is 0. The molecular formula is C31H43N3O4. The molecule has 0 fully saturated rings. The van der Waals surface area contributed by atoms with Crippen molar-refractivity contribution >= 4 is 17.1 Å². The summed E-state index contributed by atoms with van der Waals surface area (Å²) in [5.74, 6) is 0.0954. The predicted octanol–water partition coefficient (Wildman–Crippen LogP) is 4.55. The van der Waals surface area contributed by atoms with Crippen molar-refractivity contribution in [3.63, 3.8) is 0 Å². The first-order valence-corrected chi connectivity index (χ1v) is 13.3. The molecule has 7 heteroatoms. The van der Waals surface area contributed by atoms with Gasteiger partial charge in [-0.3, -0.25) is 0 Å². The van der Waals surface area contributed by atoms with Gasteiger partial charge in [-0.05, 0) is 66.9 Å². The number of aliphatic hydroxyl groups excluding tert-OH is 2. The maximum atomic E-state index is 9.31. The summed E-state index contributed by atoms with van der Waals surface area (Å²) in [5.41, 5.74) is 6.90. The van der Waals surface area contributed by atoms with E-state index in [0.29, 0.717) is 39.5 Å². The number of hydrogen-bond donors (Lipinski definition) is 4. The Kier molecular flexibility index (Phi) is 11.9. The Bertz CT molecular complexity index is 990. The van der Waals surface area contributed by atoms with E-state index in [1.54, 1.807) is 13.8 Å². The Labute approximate surface area is 227 Å². The van der Waals surface area contributed by atoms with Gasteiger partial charge in [0.25, 0.3) is 0 Å². The molecule has 7 nitrogen and oxygen atoms in total. The fourth-order valence-corrected chi connectivity index (χ4v) is 4.17. The van der Waals surface area contributed by atoms with Crippen LogP contribution in [0.3, 0.4) is 0 Å². The molecule has 0 saturated carbocycles. The SMILES string of the molecule is CC(O)COCCNc1ccc(C(c2ccc(NCCOCC(C)O)cc2)c2ccc(N(C)C)cc2)cc1. The summed E-state index contributed by atoms with van der Waals surface area (Å²) in [7, 11) is 4.10. The normalized spacial score (nSPS) is 13.5. The minimum atomic E-state index is -0.447. The first kappa shape index (κ1) is 29.5. The lowest BCUT2D eigenvalue weighted by atomic mass is 9.85. The van der Waals surface area contributed by atoms with Gasteiger partial charge in [-0.1, -0.05) is 36.4 Å². The fraction of sp³-hybridized carbons (Fsp3) is 0.419. The minimum absolute atomic E-state index is 0.0954. The summed E-state index contributed by atoms with van der Waals surface area (Å²) in [5, 5.41) is 25.4. The van der Waals surface area contributed by atoms with Gasteiger partial charge >= 0.3 is 0 Å². The van der Waals surface area contributed by atoms with Crippen LogP contribution < -0.4 is 15.5 Å². The Balaban J connectivity index is 1.72. The van der Waals surface area contributed by atoms with Crippen molar-refractivity contribution in [2.24, 2.45) is 0 Å². The first-order valence-electron chi connectivity index (χ1n) is 13.3. The highest BCUT2D eigenvalue weighted by Gasteiger charge is 2.17. The van der Waals surface area contributed by atoms with E-state index in [4.69, 9.17) is 9.47 Å². The molecule has 2 unspecified atom stereocenters. The third kappa shape index (κ3) is 9.65. The lowest BCUT2D eigenvalue weighted by Gasteiger charge is -2.21. The molecule has 0 aliphatic heterocycles. The molecule has 0 aliphatic carbocycles. The van der Waals surface area contributed by atoms with Crippen LogP contribution in [0.5, 0.6) is 0 Å². The molecule has 0 bridgehead atoms. The quantitative estimate of drug-likeness (QED) is 0.163. The lowest BCUT2D eigenvalue weighted by molar-refractivity contribution is 0.0511. The fourth-order valence-electron chi connectivity index (χ4n) is 4.17. The standard InChI is InChI=1S/C31H43N3O4/c1-23(35)21-37-19-17-32-28-11-5-25(6-12-28)31(27-9-15-30(16-10-27)34(3)4)26-7-13-29(14-8-26)33-18-20-38-22-24(2)36/h5-16,23-24,31-33,35-36H,17-22H2,1-4H3. The van der Waals surface area contributed by atoms with Gasteiger partial charge in [0.15, 0.2) is 0 Å². The van der Waals surface area contributed by atoms with Gasteiger partial charge in [0, 0.05) is 50.2 Å². The smallest absolute Gasteiger partial charge is 0.0745 e. The van der Waals surface area contributed by atoms with E-state index >= 15 is 0 Å². The number of hydrogen-bond acceptors (Lipinski definition) is 7. The molecule has 38 heavy (non-hydrogen) atoms. The van der Waals surface area contributed by atoms with Gasteiger partial charge in [0.1, 0.15) is 0 Å². The molecule has 2 atom stereocenters. The highest BCUT2D eigenvalue weighted by molar-refractivity contribution is 5.54. The van der Waals surface area contributed by atoms with Crippen LogP contribution in [0.15, 0.2) is 72.8 Å². The third-order valence-electron chi connectivity index (χ3n) is 6.10. The Morgan fingerprint density at radius 3 is 1.34 bits per heavy atom. The number of benzene rings is 3. The van der Waals surface area contributed by atoms with Crippen LogP contribution in [0.1, 0.15) is 36.5 Å². The molecule has 0 heterocycles. The zero-order valence-corrected chi connectivity index (χ0v) is 23.1. The van der Waals surface area contributed by atoms with Crippen LogP contribution >= 0.6 is 0 Å². The van der Waals surface area contributed by atoms with Crippen molar-refractivity contribution in [1.82, 2.24) is 0 Å². The van der Waals surface area contributed by atoms with Gasteiger partial charge in [0.2, 0.25) is 0 Å². The molecule has 0 saturated heterocycles. The number of aliphatic hydroxyl groups is 2. The summed E-state index contributed by atoms with van der Waals surface area (Å²) in [6.07, 6.45) is -0.893. The Morgan fingerprint density at radius 1 is 0.632 bits per heavy atom. The van der Waals surface area contributed by atoms with E-state index in [9.17, 15) is 10.2 Å². The zero-order valence-electron chi connectivity index (χ0n) is 23.1. The molecule has 4 N–H and O–H groups in total. The second-order valence-corrected chi connectivity index (χ2v) is 9.86. The number of nitrogens with zero attached hydrogens (tertiary/aromatic N) is 1. The highest BCUT2D eigenvalue weighted by atomic mass is 16.5. The summed E-state index contributed by atoms with van der Waals surface area (Å²) < 4.78 is 10.9. The van der Waals surface area contributed by atoms with Gasteiger partial charge < -0.3 is 35.2 Å². The predicted molar refractivity (Wildman–Crippen MR) is 157 cm³/mol. The van der Waals surface area contributed by atoms with E-state index in [1.165, 1.54) is 22.4 Å². The summed E-state index contributed by atoms with van der Waals surface area (Å²) in [6, 6.07) is 25.9. The molecule has 0 spiro atoms. The molecule has 206 valence electrons. The second kappa shape index (κ2) is 15.3. The largest absolute Gasteiger partial charge is 0.391 e. The molecule has 3 aromatic rings. The average Bonchev–Trinajstić information content (AvgIpc) is 2.90. The molecule has 3 rings (SSSR count). The molecular weight excluding hydrogens is 478 g/mol. The van der Waals surface area contributed by atoms with Gasteiger partial charge in [0.05, 0.1) is 38.6 Å². The molecule has 0 amide bonds. The summed E-state index contributed by atoms with van der Waals surface area (Å²) in [4.78, 5) is 2.11. The minimum Gasteiger partial charge on any atom is -0.391 e. The molecule has 0 aromatic heterocycles. The van der Waals surface area contributed by atoms with Crippen LogP contribution in [0.25, 0.3) is 0 Å². The number of nitrogens with one attached hydrogen (secondary N) is 2. The average molecular weight is 522 g/mol. The maximum Gasteiger partial charge on any atom is 0.0745 e. The number of anilines is 3. The molecule has 0 radical (unpaired) electrons. The highest BCUT2D eigenvalue weighted by Crippen LogP contribution is 2.34. The van der Waals surface area contributed by atoms with E-state index < -0.39 is 12.2 Å². The summed E-state index contributed by atoms with van der Waals surface area (Å²) in [6.45, 7) is 6.58. The maximum absolute atomic E-state index is 9.31. The van der Waals surface area contributed by atoms with E-state index in [0.717, 1.165) is 11.4 Å². The third-order valence-corrected chi connectivity index (χ3v) is 6.10. The number of ether oxygens (including phenoxy) is 2. The van der Waals surface area contributed by atoms with Crippen LogP contribution in [0.2, 0.25) is 0 Å². The Hall–Kier alpha value is -3.10. The monoisotopic (exact) mass is 521 g/mol. The zero-order chi connectivity index (χ0) is 27.3. The topological polar surface area (TPSA) is 86.2 Å². The van der Waals surface area contributed by atoms with Crippen molar-refractivity contribution in [3.05, 3.63) is 89.5 Å². The van der Waals surface area contributed by atoms with E-state index in [2.05, 4.69) is 102 Å². The molecule has 3 aromatic carbocycles. The van der Waals surface area contributed by atoms with E-state index in [1.807, 2.05) is 0 Å². The lowest BCUT2D eigenvalue weighted by Crippen LogP contribution is -2.15. The van der Waals surface area contributed by atoms with Gasteiger partial charge in [-0.25, -0.2) is 0 Å². The first-order chi connectivity index (χ1) is 18.3. The Morgan fingerprint density at radius 2 is 1.00 bits per heavy atom. The van der Waals surface area contributed by atoms with Gasteiger partial charge in [-0.15, -0.1) is 0 Å². The van der Waals surface area contributed by atoms with Crippen LogP contribution in [0, 0.1) is 0 Å². The van der Waals surface area contributed by atoms with Crippen molar-refractivity contribution in [3.8, 4) is 0 Å². The molecule has 0 aliphatic rings. The van der Waals surface area contributed by atoms with Gasteiger partial charge in [-0.2, -0.15) is 0 Å². The second-order valence-electron chi connectivity index (χ2n) is 9.86. The van der Waals surface area contributed by atoms with Crippen LogP contribution in [-0.4, -0.2) is 76.0 Å². The van der Waals surface area contributed by atoms with Crippen LogP contribution in [-0.2, 0) is 9.47 Å². The van der Waals surface area contributed by atoms with Crippen molar-refractivity contribution in [2.75, 3.05) is 69.1 Å². The van der Waals surface area contributed by atoms with E-state index in [-0.39, 0.29) is 5.92 Å². The van der Waals surface area contributed by atoms with Crippen LogP contribution in [0.4, 0.5) is 17.1 Å². The van der Waals surface area contributed by atoms with Crippen molar-refractivity contribution in [1.29, 1.82) is 0 Å². The number of rotatable bonds is 16. The van der Waals surface area contributed by atoms with Crippen molar-refractivity contribution < 1.29 is 19.7 Å².